The molecule has 0 aromatic heterocycles. The standard InChI is InChI=1S/C27H30O7/c1-5-6-7-8-9-23(17-10-11-19-20(14-17)22(29)13-12-21(19)28)34-27(30)18-15-24(31-2)26(33-4)25(16-18)32-3/h10-16,23H,5-9H2,1-4H3. The quantitative estimate of drug-likeness (QED) is 0.318. The zero-order valence-corrected chi connectivity index (χ0v) is 20.0. The first-order valence-electron chi connectivity index (χ1n) is 11.3. The van der Waals surface area contributed by atoms with Gasteiger partial charge in [0.1, 0.15) is 6.10 Å². The fourth-order valence-electron chi connectivity index (χ4n) is 3.96. The van der Waals surface area contributed by atoms with Gasteiger partial charge in [0, 0.05) is 11.1 Å². The Bertz CT molecular complexity index is 1080. The Balaban J connectivity index is 1.92. The molecule has 34 heavy (non-hydrogen) atoms. The molecule has 0 N–H and O–H groups in total. The first-order valence-corrected chi connectivity index (χ1v) is 11.3. The molecule has 1 atom stereocenters. The number of carbonyl (C=O) groups is 3. The highest BCUT2D eigenvalue weighted by Crippen LogP contribution is 2.39. The highest BCUT2D eigenvalue weighted by molar-refractivity contribution is 6.22. The Morgan fingerprint density at radius 2 is 1.47 bits per heavy atom. The van der Waals surface area contributed by atoms with Gasteiger partial charge in [-0.15, -0.1) is 0 Å². The lowest BCUT2D eigenvalue weighted by Crippen LogP contribution is -2.16. The van der Waals surface area contributed by atoms with Crippen LogP contribution in [0.15, 0.2) is 42.5 Å². The highest BCUT2D eigenvalue weighted by atomic mass is 16.5. The Labute approximate surface area is 199 Å². The van der Waals surface area contributed by atoms with E-state index in [0.717, 1.165) is 25.7 Å². The molecule has 3 rings (SSSR count). The summed E-state index contributed by atoms with van der Waals surface area (Å²) in [5, 5.41) is 0. The van der Waals surface area contributed by atoms with Crippen molar-refractivity contribution in [2.75, 3.05) is 21.3 Å². The summed E-state index contributed by atoms with van der Waals surface area (Å²) in [7, 11) is 4.44. The van der Waals surface area contributed by atoms with E-state index in [1.807, 2.05) is 0 Å². The number of methoxy groups -OCH3 is 3. The van der Waals surface area contributed by atoms with Gasteiger partial charge >= 0.3 is 5.97 Å². The average molecular weight is 467 g/mol. The van der Waals surface area contributed by atoms with Crippen LogP contribution in [0.4, 0.5) is 0 Å². The second-order valence-electron chi connectivity index (χ2n) is 8.02. The Morgan fingerprint density at radius 1 is 0.824 bits per heavy atom. The molecule has 0 spiro atoms. The Kier molecular flexibility index (Phi) is 8.46. The molecular weight excluding hydrogens is 436 g/mol. The van der Waals surface area contributed by atoms with Gasteiger partial charge in [-0.3, -0.25) is 9.59 Å². The van der Waals surface area contributed by atoms with Crippen molar-refractivity contribution in [2.45, 2.75) is 45.1 Å². The predicted molar refractivity (Wildman–Crippen MR) is 127 cm³/mol. The van der Waals surface area contributed by atoms with Gasteiger partial charge in [0.05, 0.1) is 26.9 Å². The van der Waals surface area contributed by atoms with E-state index >= 15 is 0 Å². The van der Waals surface area contributed by atoms with Crippen molar-refractivity contribution >= 4 is 17.5 Å². The second kappa shape index (κ2) is 11.5. The molecule has 180 valence electrons. The molecule has 7 nitrogen and oxygen atoms in total. The Hall–Kier alpha value is -3.61. The summed E-state index contributed by atoms with van der Waals surface area (Å²) >= 11 is 0. The van der Waals surface area contributed by atoms with Gasteiger partial charge in [-0.25, -0.2) is 4.79 Å². The smallest absolute Gasteiger partial charge is 0.339 e. The third-order valence-corrected chi connectivity index (χ3v) is 5.80. The van der Waals surface area contributed by atoms with Crippen LogP contribution in [-0.4, -0.2) is 38.9 Å². The van der Waals surface area contributed by atoms with Crippen LogP contribution in [0.5, 0.6) is 17.2 Å². The number of fused-ring (bicyclic) bond motifs is 1. The minimum absolute atomic E-state index is 0.213. The molecule has 0 bridgehead atoms. The third kappa shape index (κ3) is 5.47. The van der Waals surface area contributed by atoms with Gasteiger partial charge in [-0.2, -0.15) is 0 Å². The van der Waals surface area contributed by atoms with Gasteiger partial charge in [0.25, 0.3) is 0 Å². The van der Waals surface area contributed by atoms with Crippen molar-refractivity contribution in [1.82, 2.24) is 0 Å². The van der Waals surface area contributed by atoms with Crippen LogP contribution in [0, 0.1) is 0 Å². The molecule has 1 aliphatic carbocycles. The molecular formula is C27H30O7. The SMILES string of the molecule is CCCCCCC(OC(=O)c1cc(OC)c(OC)c(OC)c1)c1ccc2c(c1)C(=O)C=CC2=O. The fourth-order valence-corrected chi connectivity index (χ4v) is 3.96. The van der Waals surface area contributed by atoms with E-state index in [2.05, 4.69) is 6.92 Å². The van der Waals surface area contributed by atoms with E-state index in [9.17, 15) is 14.4 Å². The summed E-state index contributed by atoms with van der Waals surface area (Å²) in [5.41, 5.74) is 1.61. The zero-order chi connectivity index (χ0) is 24.7. The fraction of sp³-hybridized carbons (Fsp3) is 0.370. The van der Waals surface area contributed by atoms with Crippen LogP contribution >= 0.6 is 0 Å². The van der Waals surface area contributed by atoms with E-state index < -0.39 is 12.1 Å². The van der Waals surface area contributed by atoms with E-state index in [4.69, 9.17) is 18.9 Å². The van der Waals surface area contributed by atoms with Crippen LogP contribution < -0.4 is 14.2 Å². The number of unbranched alkanes of at least 4 members (excludes halogenated alkanes) is 3. The van der Waals surface area contributed by atoms with Crippen LogP contribution in [0.3, 0.4) is 0 Å². The number of hydrogen-bond acceptors (Lipinski definition) is 7. The summed E-state index contributed by atoms with van der Waals surface area (Å²) in [6.45, 7) is 2.13. The molecule has 2 aromatic carbocycles. The third-order valence-electron chi connectivity index (χ3n) is 5.80. The van der Waals surface area contributed by atoms with E-state index in [0.29, 0.717) is 40.4 Å². The number of ether oxygens (including phenoxy) is 4. The van der Waals surface area contributed by atoms with Gasteiger partial charge < -0.3 is 18.9 Å². The molecule has 0 aliphatic heterocycles. The number of ketones is 2. The molecule has 1 aliphatic rings. The molecule has 7 heteroatoms. The lowest BCUT2D eigenvalue weighted by Gasteiger charge is -2.21. The van der Waals surface area contributed by atoms with Gasteiger partial charge in [-0.05, 0) is 54.8 Å². The van der Waals surface area contributed by atoms with Crippen LogP contribution in [0.1, 0.15) is 81.8 Å². The molecule has 0 fully saturated rings. The second-order valence-corrected chi connectivity index (χ2v) is 8.02. The van der Waals surface area contributed by atoms with Crippen LogP contribution in [-0.2, 0) is 4.74 Å². The monoisotopic (exact) mass is 466 g/mol. The van der Waals surface area contributed by atoms with E-state index in [-0.39, 0.29) is 17.1 Å². The molecule has 0 radical (unpaired) electrons. The van der Waals surface area contributed by atoms with Crippen molar-refractivity contribution in [3.05, 3.63) is 64.7 Å². The molecule has 0 amide bonds. The number of carbonyl (C=O) groups excluding carboxylic acids is 3. The topological polar surface area (TPSA) is 88.1 Å². The van der Waals surface area contributed by atoms with Crippen LogP contribution in [0.25, 0.3) is 0 Å². The molecule has 2 aromatic rings. The predicted octanol–water partition coefficient (Wildman–Crippen LogP) is 5.52. The first kappa shape index (κ1) is 25.0. The van der Waals surface area contributed by atoms with Crippen LogP contribution in [0.2, 0.25) is 0 Å². The van der Waals surface area contributed by atoms with Gasteiger partial charge in [0.2, 0.25) is 5.75 Å². The van der Waals surface area contributed by atoms with Gasteiger partial charge in [0.15, 0.2) is 23.1 Å². The lowest BCUT2D eigenvalue weighted by atomic mass is 9.91. The minimum atomic E-state index is -0.581. The summed E-state index contributed by atoms with van der Waals surface area (Å²) in [6.07, 6.45) is 6.57. The number of rotatable bonds is 11. The minimum Gasteiger partial charge on any atom is -0.493 e. The van der Waals surface area contributed by atoms with Crippen molar-refractivity contribution in [2.24, 2.45) is 0 Å². The maximum atomic E-state index is 13.2. The maximum absolute atomic E-state index is 13.2. The first-order chi connectivity index (χ1) is 16.4. The normalized spacial score (nSPS) is 13.3. The molecule has 1 unspecified atom stereocenters. The molecule has 0 heterocycles. The van der Waals surface area contributed by atoms with Crippen molar-refractivity contribution < 1.29 is 33.3 Å². The van der Waals surface area contributed by atoms with Crippen molar-refractivity contribution in [3.63, 3.8) is 0 Å². The molecule has 0 saturated heterocycles. The summed E-state index contributed by atoms with van der Waals surface area (Å²) < 4.78 is 21.9. The summed E-state index contributed by atoms with van der Waals surface area (Å²) in [6, 6.07) is 8.11. The molecule has 0 saturated carbocycles. The van der Waals surface area contributed by atoms with Crippen molar-refractivity contribution in [3.8, 4) is 17.2 Å². The number of hydrogen-bond donors (Lipinski definition) is 0. The largest absolute Gasteiger partial charge is 0.493 e. The lowest BCUT2D eigenvalue weighted by molar-refractivity contribution is 0.0269. The van der Waals surface area contributed by atoms with Gasteiger partial charge in [-0.1, -0.05) is 32.3 Å². The average Bonchev–Trinajstić information content (AvgIpc) is 2.86. The van der Waals surface area contributed by atoms with E-state index in [1.54, 1.807) is 18.2 Å². The highest BCUT2D eigenvalue weighted by Gasteiger charge is 2.25. The summed E-state index contributed by atoms with van der Waals surface area (Å²) in [4.78, 5) is 37.6. The van der Waals surface area contributed by atoms with Crippen molar-refractivity contribution in [1.29, 1.82) is 0 Å². The maximum Gasteiger partial charge on any atom is 0.339 e. The number of allylic oxidation sites excluding steroid dienone is 2. The van der Waals surface area contributed by atoms with E-state index in [1.165, 1.54) is 45.6 Å². The summed E-state index contributed by atoms with van der Waals surface area (Å²) in [5.74, 6) is 0.0616. The number of benzene rings is 2. The number of esters is 1. The Morgan fingerprint density at radius 3 is 2.06 bits per heavy atom. The zero-order valence-electron chi connectivity index (χ0n) is 20.0.